The van der Waals surface area contributed by atoms with Crippen LogP contribution < -0.4 is 20.3 Å². The summed E-state index contributed by atoms with van der Waals surface area (Å²) in [4.78, 5) is 24.2. The van der Waals surface area contributed by atoms with Crippen molar-refractivity contribution >= 4 is 43.7 Å². The first-order valence-electron chi connectivity index (χ1n) is 7.92. The zero-order valence-corrected chi connectivity index (χ0v) is 17.7. The number of ether oxygens (including phenoxy) is 2. The molecule has 0 saturated carbocycles. The van der Waals surface area contributed by atoms with Gasteiger partial charge in [-0.1, -0.05) is 40.7 Å². The van der Waals surface area contributed by atoms with Crippen molar-refractivity contribution in [3.63, 3.8) is 0 Å². The molecule has 2 aromatic carbocycles. The number of hydrazine groups is 1. The molecule has 2 amide bonds. The summed E-state index contributed by atoms with van der Waals surface area (Å²) in [6, 6.07) is 10.4. The number of rotatable bonds is 7. The second-order valence-corrected chi connectivity index (χ2v) is 7.19. The van der Waals surface area contributed by atoms with Crippen LogP contribution in [0.2, 0.25) is 0 Å². The number of carbonyl (C=O) groups is 2. The summed E-state index contributed by atoms with van der Waals surface area (Å²) in [6.45, 7) is 5.45. The maximum atomic E-state index is 12.3. The van der Waals surface area contributed by atoms with Gasteiger partial charge in [0, 0.05) is 4.47 Å². The molecular weight excluding hydrogens is 480 g/mol. The molecule has 2 rings (SSSR count). The predicted molar refractivity (Wildman–Crippen MR) is 110 cm³/mol. The van der Waals surface area contributed by atoms with Gasteiger partial charge in [0.05, 0.1) is 10.0 Å². The van der Waals surface area contributed by atoms with Gasteiger partial charge < -0.3 is 9.47 Å². The molecule has 0 bridgehead atoms. The number of para-hydroxylation sites is 1. The van der Waals surface area contributed by atoms with Gasteiger partial charge in [-0.05, 0) is 52.7 Å². The highest BCUT2D eigenvalue weighted by atomic mass is 79.9. The van der Waals surface area contributed by atoms with Crippen LogP contribution in [0.25, 0.3) is 0 Å². The van der Waals surface area contributed by atoms with Crippen LogP contribution >= 0.6 is 31.9 Å². The van der Waals surface area contributed by atoms with E-state index in [-0.39, 0.29) is 13.2 Å². The van der Waals surface area contributed by atoms with Crippen LogP contribution in [0.1, 0.15) is 15.9 Å². The highest BCUT2D eigenvalue weighted by Gasteiger charge is 2.14. The van der Waals surface area contributed by atoms with E-state index < -0.39 is 11.8 Å². The molecule has 2 aromatic rings. The molecule has 2 N–H and O–H groups in total. The summed E-state index contributed by atoms with van der Waals surface area (Å²) in [6.07, 6.45) is 1.58. The van der Waals surface area contributed by atoms with Crippen LogP contribution in [0, 0.1) is 6.92 Å². The minimum absolute atomic E-state index is 0.254. The lowest BCUT2D eigenvalue weighted by molar-refractivity contribution is -0.123. The Balaban J connectivity index is 1.91. The number of benzene rings is 2. The number of amides is 2. The second-order valence-electron chi connectivity index (χ2n) is 5.42. The molecule has 0 heterocycles. The van der Waals surface area contributed by atoms with Gasteiger partial charge in [0.1, 0.15) is 18.1 Å². The van der Waals surface area contributed by atoms with Crippen molar-refractivity contribution in [2.24, 2.45) is 0 Å². The summed E-state index contributed by atoms with van der Waals surface area (Å²) in [7, 11) is 0. The van der Waals surface area contributed by atoms with Crippen molar-refractivity contribution in [2.45, 2.75) is 6.92 Å². The van der Waals surface area contributed by atoms with Crippen molar-refractivity contribution in [3.8, 4) is 11.5 Å². The van der Waals surface area contributed by atoms with Gasteiger partial charge in [-0.3, -0.25) is 20.4 Å². The van der Waals surface area contributed by atoms with Crippen LogP contribution in [-0.4, -0.2) is 25.0 Å². The third kappa shape index (κ3) is 6.11. The van der Waals surface area contributed by atoms with E-state index in [4.69, 9.17) is 9.47 Å². The van der Waals surface area contributed by atoms with Gasteiger partial charge in [-0.25, -0.2) is 0 Å². The summed E-state index contributed by atoms with van der Waals surface area (Å²) >= 11 is 6.78. The number of nitrogens with one attached hydrogen (secondary N) is 2. The third-order valence-electron chi connectivity index (χ3n) is 3.35. The average Bonchev–Trinajstić information content (AvgIpc) is 2.63. The van der Waals surface area contributed by atoms with Gasteiger partial charge in [-0.15, -0.1) is 0 Å². The Morgan fingerprint density at radius 1 is 1.15 bits per heavy atom. The number of hydrogen-bond donors (Lipinski definition) is 2. The van der Waals surface area contributed by atoms with Crippen LogP contribution in [0.5, 0.6) is 11.5 Å². The summed E-state index contributed by atoms with van der Waals surface area (Å²) in [5, 5.41) is 0. The van der Waals surface area contributed by atoms with E-state index in [1.807, 2.05) is 19.1 Å². The van der Waals surface area contributed by atoms with E-state index in [9.17, 15) is 9.59 Å². The molecule has 0 aliphatic heterocycles. The molecule has 0 aromatic heterocycles. The Hall–Kier alpha value is -2.32. The first-order chi connectivity index (χ1) is 12.9. The smallest absolute Gasteiger partial charge is 0.276 e. The highest BCUT2D eigenvalue weighted by molar-refractivity contribution is 9.11. The van der Waals surface area contributed by atoms with E-state index >= 15 is 0 Å². The summed E-state index contributed by atoms with van der Waals surface area (Å²) in [5.41, 5.74) is 5.83. The number of halogens is 2. The molecule has 0 atom stereocenters. The molecule has 0 radical (unpaired) electrons. The minimum atomic E-state index is -0.498. The van der Waals surface area contributed by atoms with Gasteiger partial charge >= 0.3 is 0 Å². The van der Waals surface area contributed by atoms with E-state index in [2.05, 4.69) is 49.3 Å². The standard InChI is InChI=1S/C19H18Br2N2O4/c1-3-8-26-16-7-5-4-6-14(16)19(25)23-22-17(24)11-27-18-12(2)9-13(20)10-15(18)21/h3-7,9-10H,1,8,11H2,2H3,(H,22,24)(H,23,25). The lowest BCUT2D eigenvalue weighted by Gasteiger charge is -2.13. The Labute approximate surface area is 174 Å². The number of aryl methyl sites for hydroxylation is 1. The first kappa shape index (κ1) is 21.0. The maximum absolute atomic E-state index is 12.3. The number of hydrogen-bond acceptors (Lipinski definition) is 4. The van der Waals surface area contributed by atoms with Gasteiger partial charge in [0.15, 0.2) is 6.61 Å². The fraction of sp³-hybridized carbons (Fsp3) is 0.158. The normalized spacial score (nSPS) is 10.0. The zero-order chi connectivity index (χ0) is 19.8. The third-order valence-corrected chi connectivity index (χ3v) is 4.39. The largest absolute Gasteiger partial charge is 0.489 e. The first-order valence-corrected chi connectivity index (χ1v) is 9.51. The molecule has 6 nitrogen and oxygen atoms in total. The van der Waals surface area contributed by atoms with Gasteiger partial charge in [0.2, 0.25) is 0 Å². The molecule has 0 aliphatic rings. The fourth-order valence-corrected chi connectivity index (χ4v) is 3.72. The Kier molecular flexibility index (Phi) is 7.87. The van der Waals surface area contributed by atoms with Crippen molar-refractivity contribution in [1.29, 1.82) is 0 Å². The maximum Gasteiger partial charge on any atom is 0.276 e. The number of carbonyl (C=O) groups excluding carboxylic acids is 2. The van der Waals surface area contributed by atoms with Crippen molar-refractivity contribution in [2.75, 3.05) is 13.2 Å². The Morgan fingerprint density at radius 2 is 1.89 bits per heavy atom. The van der Waals surface area contributed by atoms with Crippen molar-refractivity contribution in [3.05, 3.63) is 69.1 Å². The van der Waals surface area contributed by atoms with Gasteiger partial charge in [-0.2, -0.15) is 0 Å². The minimum Gasteiger partial charge on any atom is -0.489 e. The van der Waals surface area contributed by atoms with Crippen LogP contribution in [-0.2, 0) is 4.79 Å². The molecule has 0 unspecified atom stereocenters. The summed E-state index contributed by atoms with van der Waals surface area (Å²) in [5.74, 6) is -0.0382. The van der Waals surface area contributed by atoms with Crippen LogP contribution in [0.4, 0.5) is 0 Å². The second kappa shape index (κ2) is 10.1. The molecule has 27 heavy (non-hydrogen) atoms. The SMILES string of the molecule is C=CCOc1ccccc1C(=O)NNC(=O)COc1c(C)cc(Br)cc1Br. The molecule has 0 fully saturated rings. The van der Waals surface area contributed by atoms with E-state index in [1.54, 1.807) is 30.3 Å². The van der Waals surface area contributed by atoms with Crippen molar-refractivity contribution < 1.29 is 19.1 Å². The molecule has 8 heteroatoms. The lowest BCUT2D eigenvalue weighted by Crippen LogP contribution is -2.44. The molecule has 0 spiro atoms. The van der Waals surface area contributed by atoms with Crippen molar-refractivity contribution in [1.82, 2.24) is 10.9 Å². The van der Waals surface area contributed by atoms with E-state index in [0.717, 1.165) is 14.5 Å². The van der Waals surface area contributed by atoms with E-state index in [0.29, 0.717) is 17.1 Å². The van der Waals surface area contributed by atoms with E-state index in [1.165, 1.54) is 0 Å². The molecule has 142 valence electrons. The Morgan fingerprint density at radius 3 is 2.59 bits per heavy atom. The quantitative estimate of drug-likeness (QED) is 0.449. The predicted octanol–water partition coefficient (Wildman–Crippen LogP) is 3.92. The monoisotopic (exact) mass is 496 g/mol. The topological polar surface area (TPSA) is 76.7 Å². The summed E-state index contributed by atoms with van der Waals surface area (Å²) < 4.78 is 12.6. The molecule has 0 aliphatic carbocycles. The Bertz CT molecular complexity index is 832. The van der Waals surface area contributed by atoms with Gasteiger partial charge in [0.25, 0.3) is 11.8 Å². The molecular formula is C19H18Br2N2O4. The lowest BCUT2D eigenvalue weighted by atomic mass is 10.2. The fourth-order valence-electron chi connectivity index (χ4n) is 2.17. The molecule has 0 saturated heterocycles. The van der Waals surface area contributed by atoms with Crippen LogP contribution in [0.3, 0.4) is 0 Å². The highest BCUT2D eigenvalue weighted by Crippen LogP contribution is 2.32. The average molecular weight is 498 g/mol. The van der Waals surface area contributed by atoms with Crippen LogP contribution in [0.15, 0.2) is 58.0 Å². The zero-order valence-electron chi connectivity index (χ0n) is 14.6.